The Morgan fingerprint density at radius 3 is 2.58 bits per heavy atom. The Kier molecular flexibility index (Phi) is 4.86. The minimum absolute atomic E-state index is 0.0691. The molecule has 1 fully saturated rings. The highest BCUT2D eigenvalue weighted by molar-refractivity contribution is 6.32. The summed E-state index contributed by atoms with van der Waals surface area (Å²) >= 11 is 6.00. The average molecular weight is 344 g/mol. The van der Waals surface area contributed by atoms with Gasteiger partial charge in [0.2, 0.25) is 5.91 Å². The normalized spacial score (nSPS) is 17.2. The fourth-order valence-electron chi connectivity index (χ4n) is 2.75. The maximum atomic E-state index is 12.3. The third-order valence-electron chi connectivity index (χ3n) is 4.16. The van der Waals surface area contributed by atoms with Crippen LogP contribution in [-0.4, -0.2) is 18.4 Å². The molecule has 1 heterocycles. The molecule has 4 nitrogen and oxygen atoms in total. The number of hydrogen-bond donors (Lipinski definition) is 0. The molecule has 2 aromatic carbocycles. The van der Waals surface area contributed by atoms with Crippen molar-refractivity contribution in [3.05, 3.63) is 59.1 Å². The number of para-hydroxylation sites is 1. The van der Waals surface area contributed by atoms with Gasteiger partial charge in [0.05, 0.1) is 10.9 Å². The Hall–Kier alpha value is -2.33. The molecule has 1 aliphatic rings. The predicted octanol–water partition coefficient (Wildman–Crippen LogP) is 3.86. The lowest BCUT2D eigenvalue weighted by molar-refractivity contribution is -0.139. The molecule has 0 N–H and O–H groups in total. The second-order valence-electron chi connectivity index (χ2n) is 5.78. The molecule has 0 radical (unpaired) electrons. The molecule has 24 heavy (non-hydrogen) atoms. The number of benzene rings is 2. The number of nitrogens with zero attached hydrogens (tertiary/aromatic N) is 1. The van der Waals surface area contributed by atoms with Gasteiger partial charge in [0.25, 0.3) is 0 Å². The zero-order valence-electron chi connectivity index (χ0n) is 13.4. The number of halogens is 1. The van der Waals surface area contributed by atoms with Crippen molar-refractivity contribution in [2.45, 2.75) is 19.8 Å². The largest absolute Gasteiger partial charge is 0.425 e. The van der Waals surface area contributed by atoms with Crippen LogP contribution in [0.15, 0.2) is 48.5 Å². The number of amides is 1. The third kappa shape index (κ3) is 3.44. The molecule has 1 amide bonds. The highest BCUT2D eigenvalue weighted by Crippen LogP contribution is 2.29. The molecule has 124 valence electrons. The predicted molar refractivity (Wildman–Crippen MR) is 93.4 cm³/mol. The van der Waals surface area contributed by atoms with Crippen LogP contribution in [0.1, 0.15) is 18.9 Å². The second kappa shape index (κ2) is 7.05. The summed E-state index contributed by atoms with van der Waals surface area (Å²) in [5.41, 5.74) is 2.02. The van der Waals surface area contributed by atoms with E-state index in [2.05, 4.69) is 6.92 Å². The molecule has 1 saturated heterocycles. The number of rotatable bonds is 4. The molecule has 1 atom stereocenters. The minimum atomic E-state index is -0.486. The summed E-state index contributed by atoms with van der Waals surface area (Å²) in [5, 5.41) is 0.377. The SMILES string of the molecule is CCc1ccc(N2C[C@@H](C(=O)Oc3ccccc3Cl)CC2=O)cc1. The summed E-state index contributed by atoms with van der Waals surface area (Å²) in [5.74, 6) is -0.661. The van der Waals surface area contributed by atoms with Crippen LogP contribution < -0.4 is 9.64 Å². The van der Waals surface area contributed by atoms with Gasteiger partial charge < -0.3 is 9.64 Å². The summed E-state index contributed by atoms with van der Waals surface area (Å²) in [6, 6.07) is 14.6. The van der Waals surface area contributed by atoms with E-state index in [-0.39, 0.29) is 12.3 Å². The zero-order chi connectivity index (χ0) is 17.1. The molecule has 0 aromatic heterocycles. The van der Waals surface area contributed by atoms with Gasteiger partial charge in [-0.3, -0.25) is 9.59 Å². The number of ether oxygens (including phenoxy) is 1. The van der Waals surface area contributed by atoms with Crippen molar-refractivity contribution in [1.82, 2.24) is 0 Å². The lowest BCUT2D eigenvalue weighted by Crippen LogP contribution is -2.27. The first-order valence-electron chi connectivity index (χ1n) is 7.94. The molecule has 1 aliphatic heterocycles. The van der Waals surface area contributed by atoms with Crippen molar-refractivity contribution in [3.63, 3.8) is 0 Å². The van der Waals surface area contributed by atoms with Crippen LogP contribution in [0.25, 0.3) is 0 Å². The van der Waals surface area contributed by atoms with Crippen LogP contribution in [0.5, 0.6) is 5.75 Å². The first-order chi connectivity index (χ1) is 11.6. The van der Waals surface area contributed by atoms with Crippen LogP contribution in [0, 0.1) is 5.92 Å². The van der Waals surface area contributed by atoms with Gasteiger partial charge in [-0.05, 0) is 36.2 Å². The van der Waals surface area contributed by atoms with Crippen molar-refractivity contribution < 1.29 is 14.3 Å². The fraction of sp³-hybridized carbons (Fsp3) is 0.263. The number of hydrogen-bond acceptors (Lipinski definition) is 3. The standard InChI is InChI=1S/C19H18ClNO3/c1-2-13-7-9-15(10-8-13)21-12-14(11-18(21)22)19(23)24-17-6-4-3-5-16(17)20/h3-10,14H,2,11-12H2,1H3/t14-/m0/s1. The van der Waals surface area contributed by atoms with E-state index in [0.717, 1.165) is 12.1 Å². The second-order valence-corrected chi connectivity index (χ2v) is 6.18. The van der Waals surface area contributed by atoms with Gasteiger partial charge in [-0.25, -0.2) is 0 Å². The molecular weight excluding hydrogens is 326 g/mol. The zero-order valence-corrected chi connectivity index (χ0v) is 14.1. The van der Waals surface area contributed by atoms with E-state index in [1.54, 1.807) is 29.2 Å². The Morgan fingerprint density at radius 1 is 1.21 bits per heavy atom. The Balaban J connectivity index is 1.69. The topological polar surface area (TPSA) is 46.6 Å². The number of carbonyl (C=O) groups is 2. The van der Waals surface area contributed by atoms with Crippen LogP contribution in [0.4, 0.5) is 5.69 Å². The molecule has 0 unspecified atom stereocenters. The van der Waals surface area contributed by atoms with E-state index in [1.807, 2.05) is 24.3 Å². The molecule has 0 spiro atoms. The Bertz CT molecular complexity index is 757. The van der Waals surface area contributed by atoms with Crippen LogP contribution in [0.3, 0.4) is 0 Å². The Labute approximate surface area is 146 Å². The molecule has 0 saturated carbocycles. The van der Waals surface area contributed by atoms with E-state index in [1.165, 1.54) is 5.56 Å². The highest BCUT2D eigenvalue weighted by Gasteiger charge is 2.36. The van der Waals surface area contributed by atoms with Crippen molar-refractivity contribution in [1.29, 1.82) is 0 Å². The number of esters is 1. The monoisotopic (exact) mass is 343 g/mol. The molecular formula is C19H18ClNO3. The summed E-state index contributed by atoms with van der Waals surface area (Å²) < 4.78 is 5.35. The Morgan fingerprint density at radius 2 is 1.92 bits per heavy atom. The van der Waals surface area contributed by atoms with Gasteiger partial charge in [0.1, 0.15) is 5.75 Å². The average Bonchev–Trinajstić information content (AvgIpc) is 2.99. The summed E-state index contributed by atoms with van der Waals surface area (Å²) in [4.78, 5) is 26.2. The van der Waals surface area contributed by atoms with Crippen LogP contribution >= 0.6 is 11.6 Å². The summed E-state index contributed by atoms with van der Waals surface area (Å²) in [7, 11) is 0. The molecule has 3 rings (SSSR count). The van der Waals surface area contributed by atoms with Crippen LogP contribution in [0.2, 0.25) is 5.02 Å². The van der Waals surface area contributed by atoms with E-state index < -0.39 is 11.9 Å². The number of carbonyl (C=O) groups excluding carboxylic acids is 2. The maximum absolute atomic E-state index is 12.3. The van der Waals surface area contributed by atoms with Crippen molar-refractivity contribution in [2.75, 3.05) is 11.4 Å². The first-order valence-corrected chi connectivity index (χ1v) is 8.31. The van der Waals surface area contributed by atoms with Gasteiger partial charge >= 0.3 is 5.97 Å². The van der Waals surface area contributed by atoms with Crippen molar-refractivity contribution in [2.24, 2.45) is 5.92 Å². The smallest absolute Gasteiger partial charge is 0.316 e. The molecule has 2 aromatic rings. The van der Waals surface area contributed by atoms with Crippen molar-refractivity contribution >= 4 is 29.2 Å². The highest BCUT2D eigenvalue weighted by atomic mass is 35.5. The minimum Gasteiger partial charge on any atom is -0.425 e. The molecule has 0 aliphatic carbocycles. The van der Waals surface area contributed by atoms with Gasteiger partial charge in [0, 0.05) is 18.7 Å². The van der Waals surface area contributed by atoms with E-state index in [0.29, 0.717) is 17.3 Å². The van der Waals surface area contributed by atoms with Gasteiger partial charge in [-0.15, -0.1) is 0 Å². The number of anilines is 1. The van der Waals surface area contributed by atoms with Gasteiger partial charge in [-0.1, -0.05) is 42.8 Å². The third-order valence-corrected chi connectivity index (χ3v) is 4.47. The summed E-state index contributed by atoms with van der Waals surface area (Å²) in [6.45, 7) is 2.41. The lowest BCUT2D eigenvalue weighted by Gasteiger charge is -2.17. The van der Waals surface area contributed by atoms with Crippen LogP contribution in [-0.2, 0) is 16.0 Å². The fourth-order valence-corrected chi connectivity index (χ4v) is 2.92. The van der Waals surface area contributed by atoms with E-state index in [9.17, 15) is 9.59 Å². The van der Waals surface area contributed by atoms with Gasteiger partial charge in [0.15, 0.2) is 0 Å². The quantitative estimate of drug-likeness (QED) is 0.625. The van der Waals surface area contributed by atoms with E-state index >= 15 is 0 Å². The first kappa shape index (κ1) is 16.5. The molecule has 0 bridgehead atoms. The van der Waals surface area contributed by atoms with Crippen molar-refractivity contribution in [3.8, 4) is 5.75 Å². The maximum Gasteiger partial charge on any atom is 0.316 e. The number of aryl methyl sites for hydroxylation is 1. The lowest BCUT2D eigenvalue weighted by atomic mass is 10.1. The summed E-state index contributed by atoms with van der Waals surface area (Å²) in [6.07, 6.45) is 1.10. The van der Waals surface area contributed by atoms with Gasteiger partial charge in [-0.2, -0.15) is 0 Å². The molecule has 5 heteroatoms. The van der Waals surface area contributed by atoms with E-state index in [4.69, 9.17) is 16.3 Å².